The molecular formula is C14H20N4O4S. The number of hydrogen-bond acceptors (Lipinski definition) is 5. The molecule has 1 aromatic heterocycles. The summed E-state index contributed by atoms with van der Waals surface area (Å²) in [4.78, 5) is 30.7. The van der Waals surface area contributed by atoms with E-state index in [4.69, 9.17) is 0 Å². The summed E-state index contributed by atoms with van der Waals surface area (Å²) >= 11 is 0. The fourth-order valence-electron chi connectivity index (χ4n) is 2.47. The molecule has 1 atom stereocenters. The number of likely N-dealkylation sites (N-methyl/N-ethyl adjacent to an activating group) is 1. The van der Waals surface area contributed by atoms with Crippen LogP contribution in [0.25, 0.3) is 0 Å². The first-order valence-corrected chi connectivity index (χ1v) is 8.57. The van der Waals surface area contributed by atoms with Gasteiger partial charge in [0.15, 0.2) is 0 Å². The van der Waals surface area contributed by atoms with Crippen molar-refractivity contribution in [3.63, 3.8) is 0 Å². The summed E-state index contributed by atoms with van der Waals surface area (Å²) in [5.74, 6) is -0.539. The Hall–Kier alpha value is -2.00. The molecule has 1 saturated heterocycles. The Morgan fingerprint density at radius 2 is 2.00 bits per heavy atom. The highest BCUT2D eigenvalue weighted by molar-refractivity contribution is 7.89. The van der Waals surface area contributed by atoms with E-state index in [1.165, 1.54) is 41.2 Å². The SMILES string of the molecule is CC(=O)N1CCN(S(=O)(=O)c2cccnc2)[C@@H](C(=O)N(C)C)C1. The van der Waals surface area contributed by atoms with Gasteiger partial charge < -0.3 is 9.80 Å². The van der Waals surface area contributed by atoms with E-state index >= 15 is 0 Å². The number of sulfonamides is 1. The number of carbonyl (C=O) groups is 2. The van der Waals surface area contributed by atoms with Gasteiger partial charge in [0.05, 0.1) is 0 Å². The molecule has 2 rings (SSSR count). The number of aromatic nitrogens is 1. The zero-order chi connectivity index (χ0) is 17.2. The molecule has 0 unspecified atom stereocenters. The van der Waals surface area contributed by atoms with Gasteiger partial charge in [-0.05, 0) is 12.1 Å². The van der Waals surface area contributed by atoms with Crippen molar-refractivity contribution in [2.45, 2.75) is 17.9 Å². The van der Waals surface area contributed by atoms with E-state index in [2.05, 4.69) is 4.98 Å². The van der Waals surface area contributed by atoms with Crippen molar-refractivity contribution in [2.24, 2.45) is 0 Å². The minimum Gasteiger partial charge on any atom is -0.347 e. The van der Waals surface area contributed by atoms with Crippen molar-refractivity contribution in [2.75, 3.05) is 33.7 Å². The van der Waals surface area contributed by atoms with Crippen LogP contribution in [0, 0.1) is 0 Å². The molecule has 9 heteroatoms. The first-order chi connectivity index (χ1) is 10.7. The second-order valence-corrected chi connectivity index (χ2v) is 7.41. The van der Waals surface area contributed by atoms with Gasteiger partial charge in [0, 0.05) is 53.0 Å². The van der Waals surface area contributed by atoms with Crippen molar-refractivity contribution in [3.05, 3.63) is 24.5 Å². The molecule has 126 valence electrons. The maximum absolute atomic E-state index is 12.8. The molecule has 1 aliphatic rings. The number of piperazine rings is 1. The molecule has 0 bridgehead atoms. The topological polar surface area (TPSA) is 90.9 Å². The number of rotatable bonds is 3. The van der Waals surface area contributed by atoms with Gasteiger partial charge in [-0.3, -0.25) is 14.6 Å². The Morgan fingerprint density at radius 3 is 2.52 bits per heavy atom. The maximum Gasteiger partial charge on any atom is 0.245 e. The molecule has 2 amide bonds. The second-order valence-electron chi connectivity index (χ2n) is 5.52. The first kappa shape index (κ1) is 17.4. The monoisotopic (exact) mass is 340 g/mol. The summed E-state index contributed by atoms with van der Waals surface area (Å²) in [6, 6.07) is 2.03. The minimum atomic E-state index is -3.85. The standard InChI is InChI=1S/C14H20N4O4S/c1-11(19)17-7-8-18(13(10-17)14(20)16(2)3)23(21,22)12-5-4-6-15-9-12/h4-6,9,13H,7-8,10H2,1-3H3/t13-/m1/s1. The summed E-state index contributed by atoms with van der Waals surface area (Å²) < 4.78 is 26.8. The average molecular weight is 340 g/mol. The van der Waals surface area contributed by atoms with E-state index < -0.39 is 16.1 Å². The molecule has 0 radical (unpaired) electrons. The van der Waals surface area contributed by atoms with Gasteiger partial charge in [-0.15, -0.1) is 0 Å². The highest BCUT2D eigenvalue weighted by Gasteiger charge is 2.41. The van der Waals surface area contributed by atoms with E-state index in [0.29, 0.717) is 0 Å². The molecule has 0 aromatic carbocycles. The zero-order valence-corrected chi connectivity index (χ0v) is 14.2. The predicted octanol–water partition coefficient (Wildman–Crippen LogP) is -0.609. The maximum atomic E-state index is 12.8. The average Bonchev–Trinajstić information content (AvgIpc) is 2.54. The molecule has 1 aromatic rings. The van der Waals surface area contributed by atoms with Gasteiger partial charge >= 0.3 is 0 Å². The Morgan fingerprint density at radius 1 is 1.30 bits per heavy atom. The Kier molecular flexibility index (Phi) is 5.00. The van der Waals surface area contributed by atoms with E-state index in [1.807, 2.05) is 0 Å². The molecular weight excluding hydrogens is 320 g/mol. The summed E-state index contributed by atoms with van der Waals surface area (Å²) in [5, 5.41) is 0. The third-order valence-electron chi connectivity index (χ3n) is 3.74. The lowest BCUT2D eigenvalue weighted by atomic mass is 10.2. The minimum absolute atomic E-state index is 0.0350. The molecule has 1 fully saturated rings. The van der Waals surface area contributed by atoms with Crippen LogP contribution in [0.2, 0.25) is 0 Å². The first-order valence-electron chi connectivity index (χ1n) is 7.13. The largest absolute Gasteiger partial charge is 0.347 e. The molecule has 23 heavy (non-hydrogen) atoms. The third kappa shape index (κ3) is 3.50. The van der Waals surface area contributed by atoms with Gasteiger partial charge in [0.1, 0.15) is 10.9 Å². The van der Waals surface area contributed by atoms with Gasteiger partial charge in [-0.2, -0.15) is 4.31 Å². The molecule has 8 nitrogen and oxygen atoms in total. The number of carbonyl (C=O) groups excluding carboxylic acids is 2. The third-order valence-corrected chi connectivity index (χ3v) is 5.64. The molecule has 0 spiro atoms. The van der Waals surface area contributed by atoms with Crippen LogP contribution in [0.4, 0.5) is 0 Å². The van der Waals surface area contributed by atoms with Crippen molar-refractivity contribution in [1.29, 1.82) is 0 Å². The summed E-state index contributed by atoms with van der Waals surface area (Å²) in [6.07, 6.45) is 2.74. The number of hydrogen-bond donors (Lipinski definition) is 0. The highest BCUT2D eigenvalue weighted by Crippen LogP contribution is 2.22. The Labute approximate surface area is 135 Å². The molecule has 0 aliphatic carbocycles. The lowest BCUT2D eigenvalue weighted by molar-refractivity contribution is -0.138. The summed E-state index contributed by atoms with van der Waals surface area (Å²) in [7, 11) is -0.735. The van der Waals surface area contributed by atoms with Crippen LogP contribution < -0.4 is 0 Å². The van der Waals surface area contributed by atoms with Crippen molar-refractivity contribution >= 4 is 21.8 Å². The van der Waals surface area contributed by atoms with E-state index in [1.54, 1.807) is 14.1 Å². The zero-order valence-electron chi connectivity index (χ0n) is 13.3. The van der Waals surface area contributed by atoms with Gasteiger partial charge in [-0.1, -0.05) is 0 Å². The van der Waals surface area contributed by atoms with Crippen LogP contribution in [0.1, 0.15) is 6.92 Å². The number of nitrogens with zero attached hydrogens (tertiary/aromatic N) is 4. The van der Waals surface area contributed by atoms with Crippen LogP contribution in [-0.2, 0) is 19.6 Å². The summed E-state index contributed by atoms with van der Waals surface area (Å²) in [5.41, 5.74) is 0. The van der Waals surface area contributed by atoms with Crippen LogP contribution in [0.15, 0.2) is 29.4 Å². The second kappa shape index (κ2) is 6.63. The fourth-order valence-corrected chi connectivity index (χ4v) is 4.00. The van der Waals surface area contributed by atoms with Crippen molar-refractivity contribution < 1.29 is 18.0 Å². The quantitative estimate of drug-likeness (QED) is 0.732. The summed E-state index contributed by atoms with van der Waals surface area (Å²) in [6.45, 7) is 1.78. The van der Waals surface area contributed by atoms with Gasteiger partial charge in [0.25, 0.3) is 0 Å². The van der Waals surface area contributed by atoms with Crippen LogP contribution in [0.5, 0.6) is 0 Å². The fraction of sp³-hybridized carbons (Fsp3) is 0.500. The highest BCUT2D eigenvalue weighted by atomic mass is 32.2. The van der Waals surface area contributed by atoms with E-state index in [-0.39, 0.29) is 36.3 Å². The Bertz CT molecular complexity index is 690. The normalized spacial score (nSPS) is 19.4. The van der Waals surface area contributed by atoms with Crippen LogP contribution in [0.3, 0.4) is 0 Å². The van der Waals surface area contributed by atoms with E-state index in [0.717, 1.165) is 4.31 Å². The van der Waals surface area contributed by atoms with E-state index in [9.17, 15) is 18.0 Å². The smallest absolute Gasteiger partial charge is 0.245 e. The number of amides is 2. The molecule has 2 heterocycles. The lowest BCUT2D eigenvalue weighted by Crippen LogP contribution is -2.60. The molecule has 0 saturated carbocycles. The van der Waals surface area contributed by atoms with Crippen LogP contribution in [-0.4, -0.2) is 79.1 Å². The van der Waals surface area contributed by atoms with Gasteiger partial charge in [0.2, 0.25) is 21.8 Å². The van der Waals surface area contributed by atoms with Crippen molar-refractivity contribution in [3.8, 4) is 0 Å². The van der Waals surface area contributed by atoms with Crippen LogP contribution >= 0.6 is 0 Å². The predicted molar refractivity (Wildman–Crippen MR) is 82.9 cm³/mol. The lowest BCUT2D eigenvalue weighted by Gasteiger charge is -2.40. The molecule has 1 aliphatic heterocycles. The van der Waals surface area contributed by atoms with Gasteiger partial charge in [-0.25, -0.2) is 8.42 Å². The Balaban J connectivity index is 2.39. The molecule has 0 N–H and O–H groups in total. The number of pyridine rings is 1. The van der Waals surface area contributed by atoms with Crippen molar-refractivity contribution in [1.82, 2.24) is 19.1 Å².